The van der Waals surface area contributed by atoms with Gasteiger partial charge in [0.2, 0.25) is 15.9 Å². The second kappa shape index (κ2) is 8.36. The molecule has 0 spiro atoms. The van der Waals surface area contributed by atoms with E-state index >= 15 is 0 Å². The minimum Gasteiger partial charge on any atom is -0.355 e. The second-order valence-electron chi connectivity index (χ2n) is 6.33. The van der Waals surface area contributed by atoms with Crippen LogP contribution >= 0.6 is 0 Å². The fourth-order valence-electron chi connectivity index (χ4n) is 2.39. The molecular formula is C16H22F3N3O3S. The maximum absolute atomic E-state index is 12.7. The van der Waals surface area contributed by atoms with Crippen LogP contribution in [-0.4, -0.2) is 33.5 Å². The monoisotopic (exact) mass is 393 g/mol. The first-order chi connectivity index (χ1) is 12.1. The third-order valence-corrected chi connectivity index (χ3v) is 5.57. The molecule has 1 saturated carbocycles. The molecule has 0 saturated heterocycles. The van der Waals surface area contributed by atoms with E-state index in [1.807, 2.05) is 0 Å². The van der Waals surface area contributed by atoms with Gasteiger partial charge in [-0.25, -0.2) is 13.1 Å². The Hall–Kier alpha value is -1.65. The number of sulfonamides is 1. The molecule has 1 aromatic carbocycles. The van der Waals surface area contributed by atoms with Gasteiger partial charge in [-0.1, -0.05) is 6.07 Å². The number of hydrogen-bond donors (Lipinski definition) is 3. The highest BCUT2D eigenvalue weighted by atomic mass is 32.2. The number of carbonyl (C=O) groups excluding carboxylic acids is 1. The van der Waals surface area contributed by atoms with E-state index in [0.29, 0.717) is 18.5 Å². The number of nitrogens with two attached hydrogens (primary N) is 1. The fraction of sp³-hybridized carbons (Fsp3) is 0.562. The lowest BCUT2D eigenvalue weighted by molar-refractivity contribution is -0.137. The van der Waals surface area contributed by atoms with Crippen LogP contribution in [0.25, 0.3) is 0 Å². The van der Waals surface area contributed by atoms with Crippen molar-refractivity contribution in [3.63, 3.8) is 0 Å². The smallest absolute Gasteiger partial charge is 0.355 e. The van der Waals surface area contributed by atoms with Crippen LogP contribution < -0.4 is 15.8 Å². The number of rotatable bonds is 9. The lowest BCUT2D eigenvalue weighted by Gasteiger charge is -2.12. The largest absolute Gasteiger partial charge is 0.416 e. The van der Waals surface area contributed by atoms with Crippen molar-refractivity contribution in [3.05, 3.63) is 29.8 Å². The van der Waals surface area contributed by atoms with Crippen molar-refractivity contribution in [2.75, 3.05) is 13.1 Å². The predicted octanol–water partition coefficient (Wildman–Crippen LogP) is 1.62. The number of hydrogen-bond acceptors (Lipinski definition) is 4. The average Bonchev–Trinajstić information content (AvgIpc) is 3.41. The Morgan fingerprint density at radius 1 is 1.31 bits per heavy atom. The molecular weight excluding hydrogens is 371 g/mol. The molecule has 1 aromatic rings. The fourth-order valence-corrected chi connectivity index (χ4v) is 3.51. The SMILES string of the molecule is NC(CNC(=O)CCCNS(=O)(=O)c1cccc(C(F)(F)F)c1)C1CC1. The van der Waals surface area contributed by atoms with Crippen LogP contribution in [0.1, 0.15) is 31.2 Å². The first-order valence-electron chi connectivity index (χ1n) is 8.29. The van der Waals surface area contributed by atoms with E-state index in [0.717, 1.165) is 31.0 Å². The third-order valence-electron chi connectivity index (χ3n) is 4.11. The van der Waals surface area contributed by atoms with Gasteiger partial charge in [0.15, 0.2) is 0 Å². The van der Waals surface area contributed by atoms with Crippen molar-refractivity contribution in [1.29, 1.82) is 0 Å². The molecule has 0 bridgehead atoms. The van der Waals surface area contributed by atoms with Crippen molar-refractivity contribution < 1.29 is 26.4 Å². The van der Waals surface area contributed by atoms with Crippen molar-refractivity contribution in [2.45, 2.75) is 42.8 Å². The van der Waals surface area contributed by atoms with Crippen molar-refractivity contribution in [2.24, 2.45) is 11.7 Å². The summed E-state index contributed by atoms with van der Waals surface area (Å²) < 4.78 is 64.3. The molecule has 1 fully saturated rings. The summed E-state index contributed by atoms with van der Waals surface area (Å²) in [6.45, 7) is 0.333. The Labute approximate surface area is 150 Å². The Bertz CT molecular complexity index is 734. The zero-order valence-electron chi connectivity index (χ0n) is 14.1. The highest BCUT2D eigenvalue weighted by molar-refractivity contribution is 7.89. The van der Waals surface area contributed by atoms with Crippen LogP contribution in [0.15, 0.2) is 29.2 Å². The summed E-state index contributed by atoms with van der Waals surface area (Å²) in [5.74, 6) is 0.230. The van der Waals surface area contributed by atoms with Crippen LogP contribution in [0.2, 0.25) is 0 Å². The van der Waals surface area contributed by atoms with Gasteiger partial charge in [-0.05, 0) is 43.4 Å². The molecule has 0 aromatic heterocycles. The molecule has 0 heterocycles. The van der Waals surface area contributed by atoms with Gasteiger partial charge < -0.3 is 11.1 Å². The van der Waals surface area contributed by atoms with Gasteiger partial charge in [0.25, 0.3) is 0 Å². The zero-order valence-corrected chi connectivity index (χ0v) is 14.9. The third kappa shape index (κ3) is 6.26. The van der Waals surface area contributed by atoms with E-state index in [1.54, 1.807) is 0 Å². The van der Waals surface area contributed by atoms with E-state index in [2.05, 4.69) is 10.0 Å². The van der Waals surface area contributed by atoms with Crippen LogP contribution in [-0.2, 0) is 21.0 Å². The maximum atomic E-state index is 12.7. The van der Waals surface area contributed by atoms with Crippen molar-refractivity contribution in [3.8, 4) is 0 Å². The number of amides is 1. The second-order valence-corrected chi connectivity index (χ2v) is 8.10. The number of nitrogens with one attached hydrogen (secondary N) is 2. The van der Waals surface area contributed by atoms with Crippen LogP contribution in [0.5, 0.6) is 0 Å². The van der Waals surface area contributed by atoms with E-state index in [9.17, 15) is 26.4 Å². The standard InChI is InChI=1S/C16H22F3N3O3S/c17-16(18,19)12-3-1-4-13(9-12)26(24,25)22-8-2-5-15(23)21-10-14(20)11-6-7-11/h1,3-4,9,11,14,22H,2,5-8,10,20H2,(H,21,23). The molecule has 4 N–H and O–H groups in total. The number of alkyl halides is 3. The molecule has 0 radical (unpaired) electrons. The van der Waals surface area contributed by atoms with Gasteiger partial charge >= 0.3 is 6.18 Å². The molecule has 10 heteroatoms. The molecule has 146 valence electrons. The quantitative estimate of drug-likeness (QED) is 0.555. The maximum Gasteiger partial charge on any atom is 0.416 e. The normalized spacial score (nSPS) is 16.3. The predicted molar refractivity (Wildman–Crippen MR) is 89.6 cm³/mol. The topological polar surface area (TPSA) is 101 Å². The average molecular weight is 393 g/mol. The summed E-state index contributed by atoms with van der Waals surface area (Å²) in [4.78, 5) is 11.2. The van der Waals surface area contributed by atoms with Crippen molar-refractivity contribution >= 4 is 15.9 Å². The molecule has 1 unspecified atom stereocenters. The molecule has 1 aliphatic carbocycles. The first-order valence-corrected chi connectivity index (χ1v) is 9.77. The van der Waals surface area contributed by atoms with Gasteiger partial charge in [0.05, 0.1) is 10.5 Å². The molecule has 1 amide bonds. The van der Waals surface area contributed by atoms with E-state index < -0.39 is 26.7 Å². The summed E-state index contributed by atoms with van der Waals surface area (Å²) in [5.41, 5.74) is 4.82. The Morgan fingerprint density at radius 2 is 2.00 bits per heavy atom. The van der Waals surface area contributed by atoms with Gasteiger partial charge in [-0.15, -0.1) is 0 Å². The van der Waals surface area contributed by atoms with Gasteiger partial charge in [0, 0.05) is 25.6 Å². The summed E-state index contributed by atoms with van der Waals surface area (Å²) >= 11 is 0. The zero-order chi connectivity index (χ0) is 19.4. The highest BCUT2D eigenvalue weighted by Crippen LogP contribution is 2.31. The highest BCUT2D eigenvalue weighted by Gasteiger charge is 2.31. The summed E-state index contributed by atoms with van der Waals surface area (Å²) in [5, 5.41) is 2.69. The molecule has 26 heavy (non-hydrogen) atoms. The summed E-state index contributed by atoms with van der Waals surface area (Å²) in [7, 11) is -4.07. The minimum absolute atomic E-state index is 0.0549. The Morgan fingerprint density at radius 3 is 2.62 bits per heavy atom. The number of carbonyl (C=O) groups is 1. The lowest BCUT2D eigenvalue weighted by Crippen LogP contribution is -2.38. The summed E-state index contributed by atoms with van der Waals surface area (Å²) in [6, 6.07) is 3.44. The Kier molecular flexibility index (Phi) is 6.64. The van der Waals surface area contributed by atoms with Crippen LogP contribution in [0.4, 0.5) is 13.2 Å². The summed E-state index contributed by atoms with van der Waals surface area (Å²) in [6.07, 6.45) is -2.14. The van der Waals surface area contributed by atoms with Gasteiger partial charge in [0.1, 0.15) is 0 Å². The van der Waals surface area contributed by atoms with Crippen molar-refractivity contribution in [1.82, 2.24) is 10.0 Å². The van der Waals surface area contributed by atoms with E-state index in [-0.39, 0.29) is 31.3 Å². The molecule has 1 atom stereocenters. The number of halogens is 3. The van der Waals surface area contributed by atoms with Crippen LogP contribution in [0.3, 0.4) is 0 Å². The van der Waals surface area contributed by atoms with E-state index in [1.165, 1.54) is 0 Å². The lowest BCUT2D eigenvalue weighted by atomic mass is 10.2. The Balaban J connectivity index is 1.76. The molecule has 6 nitrogen and oxygen atoms in total. The van der Waals surface area contributed by atoms with E-state index in [4.69, 9.17) is 5.73 Å². The molecule has 2 rings (SSSR count). The minimum atomic E-state index is -4.62. The molecule has 1 aliphatic rings. The first kappa shape index (κ1) is 20.7. The molecule has 0 aliphatic heterocycles. The number of benzene rings is 1. The van der Waals surface area contributed by atoms with Crippen LogP contribution in [0, 0.1) is 5.92 Å². The van der Waals surface area contributed by atoms with Gasteiger partial charge in [-0.2, -0.15) is 13.2 Å². The van der Waals surface area contributed by atoms with Gasteiger partial charge in [-0.3, -0.25) is 4.79 Å².